The first-order valence-corrected chi connectivity index (χ1v) is 10.2. The lowest BCUT2D eigenvalue weighted by Gasteiger charge is -2.29. The lowest BCUT2D eigenvalue weighted by atomic mass is 10.1. The van der Waals surface area contributed by atoms with Gasteiger partial charge in [-0.25, -0.2) is 8.42 Å². The van der Waals surface area contributed by atoms with Crippen LogP contribution in [0.25, 0.3) is 0 Å². The fourth-order valence-electron chi connectivity index (χ4n) is 3.56. The number of aromatic hydroxyl groups is 2. The molecule has 25 heavy (non-hydrogen) atoms. The van der Waals surface area contributed by atoms with Crippen LogP contribution in [0.5, 0.6) is 11.5 Å². The Labute approximate surface area is 148 Å². The number of hydrogen-bond donors (Lipinski definition) is 2. The molecule has 0 saturated carbocycles. The van der Waals surface area contributed by atoms with Gasteiger partial charge >= 0.3 is 0 Å². The third kappa shape index (κ3) is 4.08. The van der Waals surface area contributed by atoms with Crippen LogP contribution in [0.3, 0.4) is 0 Å². The Morgan fingerprint density at radius 3 is 2.68 bits per heavy atom. The van der Waals surface area contributed by atoms with Crippen LogP contribution in [0.2, 0.25) is 0 Å². The van der Waals surface area contributed by atoms with E-state index in [1.807, 2.05) is 13.8 Å². The average molecular weight is 370 g/mol. The van der Waals surface area contributed by atoms with E-state index in [-0.39, 0.29) is 41.9 Å². The van der Waals surface area contributed by atoms with Crippen molar-refractivity contribution in [3.05, 3.63) is 23.8 Å². The van der Waals surface area contributed by atoms with Crippen molar-refractivity contribution in [3.63, 3.8) is 0 Å². The number of phenolic OH excluding ortho intramolecular Hbond substituents is 2. The number of likely N-dealkylation sites (tertiary alicyclic amines) is 1. The first-order chi connectivity index (χ1) is 11.8. The first kappa shape index (κ1) is 18.4. The van der Waals surface area contributed by atoms with E-state index in [2.05, 4.69) is 4.90 Å². The van der Waals surface area contributed by atoms with Gasteiger partial charge in [-0.2, -0.15) is 4.31 Å². The van der Waals surface area contributed by atoms with Crippen LogP contribution >= 0.6 is 0 Å². The second-order valence-electron chi connectivity index (χ2n) is 7.27. The van der Waals surface area contributed by atoms with Crippen LogP contribution < -0.4 is 0 Å². The molecule has 2 fully saturated rings. The van der Waals surface area contributed by atoms with Gasteiger partial charge in [-0.3, -0.25) is 4.90 Å². The van der Waals surface area contributed by atoms with E-state index in [1.165, 1.54) is 12.1 Å². The van der Waals surface area contributed by atoms with Crippen molar-refractivity contribution in [2.45, 2.75) is 32.5 Å². The maximum atomic E-state index is 12.6. The van der Waals surface area contributed by atoms with Crippen molar-refractivity contribution in [2.75, 3.05) is 32.0 Å². The van der Waals surface area contributed by atoms with Crippen molar-refractivity contribution in [1.29, 1.82) is 0 Å². The molecule has 2 heterocycles. The van der Waals surface area contributed by atoms with Gasteiger partial charge in [-0.1, -0.05) is 19.9 Å². The predicted octanol–water partition coefficient (Wildman–Crippen LogP) is 0.969. The van der Waals surface area contributed by atoms with Crippen molar-refractivity contribution in [1.82, 2.24) is 9.21 Å². The highest BCUT2D eigenvalue weighted by Crippen LogP contribution is 2.29. The Hall–Kier alpha value is -1.35. The molecule has 0 radical (unpaired) electrons. The van der Waals surface area contributed by atoms with Gasteiger partial charge in [0.25, 0.3) is 0 Å². The lowest BCUT2D eigenvalue weighted by molar-refractivity contribution is 0.0454. The molecule has 2 N–H and O–H groups in total. The van der Waals surface area contributed by atoms with Gasteiger partial charge in [0.2, 0.25) is 10.0 Å². The summed E-state index contributed by atoms with van der Waals surface area (Å²) >= 11 is 0. The van der Waals surface area contributed by atoms with Crippen LogP contribution in [0.15, 0.2) is 18.2 Å². The van der Waals surface area contributed by atoms with E-state index < -0.39 is 10.0 Å². The molecule has 8 heteroatoms. The van der Waals surface area contributed by atoms with Gasteiger partial charge in [-0.05, 0) is 23.6 Å². The quantitative estimate of drug-likeness (QED) is 0.768. The van der Waals surface area contributed by atoms with Gasteiger partial charge in [0.15, 0.2) is 11.5 Å². The maximum Gasteiger partial charge on any atom is 0.216 e. The number of phenols is 2. The van der Waals surface area contributed by atoms with Crippen LogP contribution in [0.1, 0.15) is 19.4 Å². The SMILES string of the molecule is CC(C)CN1[C@@H]2CN(Cc3ccc(O)c(O)c3)C[C@@H]2OCCS1(=O)=O. The molecular weight excluding hydrogens is 344 g/mol. The largest absolute Gasteiger partial charge is 0.504 e. The fourth-order valence-corrected chi connectivity index (χ4v) is 5.25. The lowest BCUT2D eigenvalue weighted by Crippen LogP contribution is -2.47. The highest BCUT2D eigenvalue weighted by molar-refractivity contribution is 7.89. The number of hydrogen-bond acceptors (Lipinski definition) is 6. The maximum absolute atomic E-state index is 12.6. The molecule has 0 spiro atoms. The van der Waals surface area contributed by atoms with Gasteiger partial charge < -0.3 is 14.9 Å². The summed E-state index contributed by atoms with van der Waals surface area (Å²) in [6, 6.07) is 4.57. The van der Waals surface area contributed by atoms with E-state index in [1.54, 1.807) is 10.4 Å². The van der Waals surface area contributed by atoms with E-state index >= 15 is 0 Å². The molecule has 3 rings (SSSR count). The second-order valence-corrected chi connectivity index (χ2v) is 9.31. The Morgan fingerprint density at radius 1 is 1.24 bits per heavy atom. The third-order valence-electron chi connectivity index (χ3n) is 4.70. The molecular formula is C17H26N2O5S. The van der Waals surface area contributed by atoms with Gasteiger partial charge in [0.05, 0.1) is 24.5 Å². The third-order valence-corrected chi connectivity index (χ3v) is 6.52. The predicted molar refractivity (Wildman–Crippen MR) is 93.9 cm³/mol. The van der Waals surface area contributed by atoms with E-state index in [0.717, 1.165) is 5.56 Å². The van der Waals surface area contributed by atoms with Crippen LogP contribution in [-0.4, -0.2) is 72.0 Å². The molecule has 7 nitrogen and oxygen atoms in total. The van der Waals surface area contributed by atoms with Crippen LogP contribution in [0.4, 0.5) is 0 Å². The summed E-state index contributed by atoms with van der Waals surface area (Å²) < 4.78 is 32.6. The minimum absolute atomic E-state index is 0.0402. The standard InChI is InChI=1S/C17H26N2O5S/c1-12(2)8-19-14-10-18(9-13-3-4-15(20)16(21)7-13)11-17(14)24-5-6-25(19,22)23/h3-4,7,12,14,17,20-21H,5-6,8-11H2,1-2H3/t14-,17+/m1/s1. The number of rotatable bonds is 4. The van der Waals surface area contributed by atoms with Crippen molar-refractivity contribution >= 4 is 10.0 Å². The Morgan fingerprint density at radius 2 is 2.00 bits per heavy atom. The molecule has 1 aromatic carbocycles. The van der Waals surface area contributed by atoms with Gasteiger partial charge in [0, 0.05) is 26.2 Å². The number of benzene rings is 1. The smallest absolute Gasteiger partial charge is 0.216 e. The average Bonchev–Trinajstić information content (AvgIpc) is 2.86. The zero-order valence-electron chi connectivity index (χ0n) is 14.6. The minimum atomic E-state index is -3.31. The van der Waals surface area contributed by atoms with Crippen molar-refractivity contribution in [2.24, 2.45) is 5.92 Å². The zero-order chi connectivity index (χ0) is 18.2. The Bertz CT molecular complexity index is 722. The highest BCUT2D eigenvalue weighted by Gasteiger charge is 2.44. The topological polar surface area (TPSA) is 90.3 Å². The highest BCUT2D eigenvalue weighted by atomic mass is 32.2. The summed E-state index contributed by atoms with van der Waals surface area (Å²) in [5, 5.41) is 19.1. The monoisotopic (exact) mass is 370 g/mol. The summed E-state index contributed by atoms with van der Waals surface area (Å²) in [7, 11) is -3.31. The number of sulfonamides is 1. The molecule has 2 saturated heterocycles. The minimum Gasteiger partial charge on any atom is -0.504 e. The molecule has 0 aromatic heterocycles. The summed E-state index contributed by atoms with van der Waals surface area (Å²) in [6.07, 6.45) is -0.137. The van der Waals surface area contributed by atoms with Crippen molar-refractivity contribution in [3.8, 4) is 11.5 Å². The van der Waals surface area contributed by atoms with E-state index in [0.29, 0.717) is 26.2 Å². The molecule has 2 aliphatic heterocycles. The molecule has 0 aliphatic carbocycles. The number of nitrogens with zero attached hydrogens (tertiary/aromatic N) is 2. The van der Waals surface area contributed by atoms with Crippen LogP contribution in [0, 0.1) is 5.92 Å². The summed E-state index contributed by atoms with van der Waals surface area (Å²) in [6.45, 7) is 6.57. The zero-order valence-corrected chi connectivity index (χ0v) is 15.4. The fraction of sp³-hybridized carbons (Fsp3) is 0.647. The number of fused-ring (bicyclic) bond motifs is 1. The molecule has 0 unspecified atom stereocenters. The molecule has 2 atom stereocenters. The normalized spacial score (nSPS) is 27.3. The summed E-state index contributed by atoms with van der Waals surface area (Å²) in [4.78, 5) is 2.13. The van der Waals surface area contributed by atoms with Crippen LogP contribution in [-0.2, 0) is 21.3 Å². The molecule has 1 aromatic rings. The first-order valence-electron chi connectivity index (χ1n) is 8.60. The summed E-state index contributed by atoms with van der Waals surface area (Å²) in [5.41, 5.74) is 0.866. The molecule has 0 amide bonds. The van der Waals surface area contributed by atoms with E-state index in [4.69, 9.17) is 4.74 Å². The number of ether oxygens (including phenoxy) is 1. The summed E-state index contributed by atoms with van der Waals surface area (Å²) in [5.74, 6) is -0.00545. The van der Waals surface area contributed by atoms with Gasteiger partial charge in [0.1, 0.15) is 0 Å². The molecule has 2 aliphatic rings. The molecule has 140 valence electrons. The Kier molecular flexibility index (Phi) is 5.24. The van der Waals surface area contributed by atoms with E-state index in [9.17, 15) is 18.6 Å². The van der Waals surface area contributed by atoms with Gasteiger partial charge in [-0.15, -0.1) is 0 Å². The second kappa shape index (κ2) is 7.11. The van der Waals surface area contributed by atoms with Crippen molar-refractivity contribution < 1.29 is 23.4 Å². The Balaban J connectivity index is 1.76. The molecule has 0 bridgehead atoms.